The maximum atomic E-state index is 12.7. The van der Waals surface area contributed by atoms with Crippen LogP contribution in [0, 0.1) is 0 Å². The lowest BCUT2D eigenvalue weighted by Gasteiger charge is -2.08. The van der Waals surface area contributed by atoms with Crippen molar-refractivity contribution in [3.8, 4) is 16.3 Å². The fraction of sp³-hybridized carbons (Fsp3) is 0.130. The molecular formula is C23H20N4O3S2. The van der Waals surface area contributed by atoms with Gasteiger partial charge in [0, 0.05) is 40.7 Å². The van der Waals surface area contributed by atoms with Crippen LogP contribution in [0.5, 0.6) is 5.75 Å². The van der Waals surface area contributed by atoms with E-state index in [2.05, 4.69) is 20.6 Å². The van der Waals surface area contributed by atoms with E-state index in [9.17, 15) is 9.59 Å². The van der Waals surface area contributed by atoms with Gasteiger partial charge in [0.2, 0.25) is 5.91 Å². The van der Waals surface area contributed by atoms with Crippen LogP contribution < -0.4 is 15.4 Å². The molecule has 0 fully saturated rings. The predicted molar refractivity (Wildman–Crippen MR) is 126 cm³/mol. The first-order valence-electron chi connectivity index (χ1n) is 9.79. The fourth-order valence-corrected chi connectivity index (χ4v) is 4.50. The number of hydrogen-bond donors (Lipinski definition) is 2. The van der Waals surface area contributed by atoms with Crippen molar-refractivity contribution < 1.29 is 14.3 Å². The lowest BCUT2D eigenvalue weighted by Crippen LogP contribution is -2.17. The van der Waals surface area contributed by atoms with Crippen molar-refractivity contribution >= 4 is 39.6 Å². The number of ether oxygens (including phenoxy) is 1. The van der Waals surface area contributed by atoms with E-state index < -0.39 is 0 Å². The summed E-state index contributed by atoms with van der Waals surface area (Å²) in [6.45, 7) is 2.36. The topological polar surface area (TPSA) is 93.2 Å². The molecule has 162 valence electrons. The molecule has 4 aromatic rings. The number of carbonyl (C=O) groups is 2. The molecule has 32 heavy (non-hydrogen) atoms. The number of carbonyl (C=O) groups excluding carboxylic acids is 2. The molecule has 2 amide bonds. The molecule has 0 aliphatic carbocycles. The number of benzene rings is 1. The van der Waals surface area contributed by atoms with Crippen molar-refractivity contribution in [2.45, 2.75) is 20.1 Å². The molecule has 3 heterocycles. The normalized spacial score (nSPS) is 10.5. The molecule has 0 unspecified atom stereocenters. The molecule has 9 heteroatoms. The molecular weight excluding hydrogens is 444 g/mol. The number of rotatable bonds is 8. The summed E-state index contributed by atoms with van der Waals surface area (Å²) in [5, 5.41) is 8.05. The Balaban J connectivity index is 1.37. The highest BCUT2D eigenvalue weighted by atomic mass is 32.1. The predicted octanol–water partition coefficient (Wildman–Crippen LogP) is 4.73. The van der Waals surface area contributed by atoms with Gasteiger partial charge in [0.25, 0.3) is 5.91 Å². The van der Waals surface area contributed by atoms with E-state index in [1.54, 1.807) is 41.9 Å². The Morgan fingerprint density at radius 1 is 1.12 bits per heavy atom. The Hall–Kier alpha value is -3.56. The summed E-state index contributed by atoms with van der Waals surface area (Å²) in [5.41, 5.74) is 2.23. The average molecular weight is 465 g/mol. The molecule has 0 bridgehead atoms. The second kappa shape index (κ2) is 10.2. The van der Waals surface area contributed by atoms with Gasteiger partial charge in [-0.2, -0.15) is 0 Å². The summed E-state index contributed by atoms with van der Waals surface area (Å²) in [6, 6.07) is 14.7. The van der Waals surface area contributed by atoms with Crippen LogP contribution in [0.1, 0.15) is 27.7 Å². The Bertz CT molecular complexity index is 1220. The first-order valence-corrected chi connectivity index (χ1v) is 11.5. The van der Waals surface area contributed by atoms with Crippen LogP contribution >= 0.6 is 22.7 Å². The van der Waals surface area contributed by atoms with Gasteiger partial charge in [-0.15, -0.1) is 22.7 Å². The maximum Gasteiger partial charge on any atom is 0.257 e. The van der Waals surface area contributed by atoms with Crippen molar-refractivity contribution in [3.63, 3.8) is 0 Å². The molecule has 0 radical (unpaired) electrons. The van der Waals surface area contributed by atoms with Gasteiger partial charge in [-0.3, -0.25) is 19.9 Å². The van der Waals surface area contributed by atoms with Crippen molar-refractivity contribution in [1.29, 1.82) is 0 Å². The molecule has 1 aromatic carbocycles. The zero-order chi connectivity index (χ0) is 22.3. The van der Waals surface area contributed by atoms with Gasteiger partial charge >= 0.3 is 0 Å². The van der Waals surface area contributed by atoms with E-state index in [4.69, 9.17) is 4.74 Å². The summed E-state index contributed by atoms with van der Waals surface area (Å²) in [4.78, 5) is 34.4. The molecule has 0 atom stereocenters. The van der Waals surface area contributed by atoms with Crippen molar-refractivity contribution in [2.75, 3.05) is 5.32 Å². The summed E-state index contributed by atoms with van der Waals surface area (Å²) < 4.78 is 5.77. The summed E-state index contributed by atoms with van der Waals surface area (Å²) in [6.07, 6.45) is 3.45. The number of anilines is 1. The van der Waals surface area contributed by atoms with Gasteiger partial charge in [-0.1, -0.05) is 12.1 Å². The molecule has 0 saturated heterocycles. The Morgan fingerprint density at radius 3 is 2.84 bits per heavy atom. The van der Waals surface area contributed by atoms with Crippen molar-refractivity contribution in [3.05, 3.63) is 82.3 Å². The van der Waals surface area contributed by atoms with Gasteiger partial charge in [0.05, 0.1) is 17.1 Å². The molecule has 0 aliphatic rings. The lowest BCUT2D eigenvalue weighted by atomic mass is 10.2. The second-order valence-corrected chi connectivity index (χ2v) is 8.87. The molecule has 3 aromatic heterocycles. The third-order valence-corrected chi connectivity index (χ3v) is 6.24. The van der Waals surface area contributed by atoms with E-state index >= 15 is 0 Å². The van der Waals surface area contributed by atoms with Crippen molar-refractivity contribution in [2.24, 2.45) is 0 Å². The van der Waals surface area contributed by atoms with Gasteiger partial charge in [-0.05, 0) is 36.4 Å². The first kappa shape index (κ1) is 21.7. The van der Waals surface area contributed by atoms with E-state index in [1.165, 1.54) is 18.3 Å². The van der Waals surface area contributed by atoms with Crippen LogP contribution in [0.4, 0.5) is 5.13 Å². The zero-order valence-electron chi connectivity index (χ0n) is 17.2. The van der Waals surface area contributed by atoms with Crippen molar-refractivity contribution in [1.82, 2.24) is 15.3 Å². The van der Waals surface area contributed by atoms with Crippen LogP contribution in [0.25, 0.3) is 10.6 Å². The van der Waals surface area contributed by atoms with E-state index in [-0.39, 0.29) is 11.8 Å². The molecule has 7 nitrogen and oxygen atoms in total. The molecule has 0 saturated carbocycles. The molecule has 0 aliphatic heterocycles. The number of nitrogens with zero attached hydrogens (tertiary/aromatic N) is 2. The minimum atomic E-state index is -0.254. The number of amides is 2. The Labute approximate surface area is 193 Å². The molecule has 0 spiro atoms. The quantitative estimate of drug-likeness (QED) is 0.393. The highest BCUT2D eigenvalue weighted by molar-refractivity contribution is 7.17. The number of nitrogens with one attached hydrogen (secondary N) is 2. The highest BCUT2D eigenvalue weighted by Gasteiger charge is 2.12. The first-order chi connectivity index (χ1) is 15.6. The largest absolute Gasteiger partial charge is 0.489 e. The van der Waals surface area contributed by atoms with Crippen LogP contribution in [-0.4, -0.2) is 21.8 Å². The van der Waals surface area contributed by atoms with Gasteiger partial charge < -0.3 is 10.1 Å². The van der Waals surface area contributed by atoms with Crippen LogP contribution in [0.3, 0.4) is 0 Å². The van der Waals surface area contributed by atoms with Crippen LogP contribution in [0.15, 0.2) is 66.3 Å². The Morgan fingerprint density at radius 2 is 2.03 bits per heavy atom. The fourth-order valence-electron chi connectivity index (χ4n) is 2.81. The third kappa shape index (κ3) is 5.77. The zero-order valence-corrected chi connectivity index (χ0v) is 18.8. The van der Waals surface area contributed by atoms with Gasteiger partial charge in [0.15, 0.2) is 5.13 Å². The van der Waals surface area contributed by atoms with E-state index in [1.807, 2.05) is 35.7 Å². The van der Waals surface area contributed by atoms with Gasteiger partial charge in [0.1, 0.15) is 12.4 Å². The third-order valence-electron chi connectivity index (χ3n) is 4.37. The maximum absolute atomic E-state index is 12.7. The minimum absolute atomic E-state index is 0.0647. The smallest absolute Gasteiger partial charge is 0.257 e. The lowest BCUT2D eigenvalue weighted by molar-refractivity contribution is -0.119. The number of aromatic nitrogens is 2. The Kier molecular flexibility index (Phi) is 6.88. The van der Waals surface area contributed by atoms with E-state index in [0.717, 1.165) is 21.0 Å². The summed E-state index contributed by atoms with van der Waals surface area (Å²) in [5.74, 6) is 0.284. The monoisotopic (exact) mass is 464 g/mol. The number of thiophene rings is 1. The summed E-state index contributed by atoms with van der Waals surface area (Å²) >= 11 is 2.92. The van der Waals surface area contributed by atoms with Gasteiger partial charge in [-0.25, -0.2) is 4.98 Å². The van der Waals surface area contributed by atoms with E-state index in [0.29, 0.717) is 29.6 Å². The standard InChI is InChI=1S/C23H20N4O3S2/c1-15(28)25-12-19-7-8-21(32-19)20-14-31-23(26-20)27-22(29)17-5-2-6-18(10-17)30-13-16-4-3-9-24-11-16/h2-11,14H,12-13H2,1H3,(H,25,28)(H,26,27,29). The number of pyridine rings is 1. The van der Waals surface area contributed by atoms with Crippen LogP contribution in [0.2, 0.25) is 0 Å². The second-order valence-electron chi connectivity index (χ2n) is 6.85. The number of hydrogen-bond acceptors (Lipinski definition) is 7. The minimum Gasteiger partial charge on any atom is -0.489 e. The summed E-state index contributed by atoms with van der Waals surface area (Å²) in [7, 11) is 0. The van der Waals surface area contributed by atoms with Crippen LogP contribution in [-0.2, 0) is 17.9 Å². The molecule has 4 rings (SSSR count). The SMILES string of the molecule is CC(=O)NCc1ccc(-c2csc(NC(=O)c3cccc(OCc4cccnc4)c3)n2)s1. The average Bonchev–Trinajstić information content (AvgIpc) is 3.47. The molecule has 2 N–H and O–H groups in total. The highest BCUT2D eigenvalue weighted by Crippen LogP contribution is 2.31. The number of thiazole rings is 1.